The van der Waals surface area contributed by atoms with Crippen molar-refractivity contribution in [1.82, 2.24) is 9.47 Å². The smallest absolute Gasteiger partial charge is 0.341 e. The van der Waals surface area contributed by atoms with E-state index in [-0.39, 0.29) is 38.0 Å². The summed E-state index contributed by atoms with van der Waals surface area (Å²) in [6.07, 6.45) is 3.61. The maximum Gasteiger partial charge on any atom is 0.435 e. The molecule has 0 saturated heterocycles. The van der Waals surface area contributed by atoms with E-state index in [2.05, 4.69) is 20.7 Å². The number of allylic oxidation sites excluding steroid dienone is 3. The normalized spacial score (nSPS) is 13.3. The molecule has 3 aromatic carbocycles. The van der Waals surface area contributed by atoms with Crippen LogP contribution in [0.2, 0.25) is 0 Å². The van der Waals surface area contributed by atoms with E-state index >= 15 is 0 Å². The highest BCUT2D eigenvalue weighted by atomic mass is 127. The Kier molecular flexibility index (Phi) is 11.3. The molecule has 0 radical (unpaired) electrons. The van der Waals surface area contributed by atoms with Crippen molar-refractivity contribution >= 4 is 93.3 Å². The van der Waals surface area contributed by atoms with E-state index in [0.717, 1.165) is 41.9 Å². The molecule has 0 saturated carbocycles. The molecule has 1 aromatic heterocycles. The SMILES string of the molecule is CCN(CC)C(=O)O/N=C(\CCSC1=CC=C(Cl)I=C1)C(=O)c1ccc2c(c1)c1cc(C(=O)c3ccccc3C)ccc1n2CC. The molecule has 0 unspecified atom stereocenters. The number of hydrogen-bond donors (Lipinski definition) is 0. The van der Waals surface area contributed by atoms with Crippen LogP contribution >= 0.6 is 44.1 Å². The molecular formula is C36H35ClIN3O4S. The van der Waals surface area contributed by atoms with Crippen LogP contribution in [0.25, 0.3) is 21.8 Å². The monoisotopic (exact) mass is 767 g/mol. The first-order chi connectivity index (χ1) is 22.2. The molecule has 46 heavy (non-hydrogen) atoms. The van der Waals surface area contributed by atoms with Gasteiger partial charge in [-0.25, -0.2) is 4.79 Å². The third-order valence-corrected chi connectivity index (χ3v) is 11.9. The highest BCUT2D eigenvalue weighted by Crippen LogP contribution is 2.32. The zero-order chi connectivity index (χ0) is 32.8. The molecule has 1 amide bonds. The molecule has 7 nitrogen and oxygen atoms in total. The number of Topliss-reactive ketones (excluding diaryl/α,β-unsaturated/α-hetero) is 1. The minimum absolute atomic E-state index is 0.0447. The zero-order valence-corrected chi connectivity index (χ0v) is 29.9. The summed E-state index contributed by atoms with van der Waals surface area (Å²) in [5.41, 5.74) is 4.72. The third kappa shape index (κ3) is 7.37. The van der Waals surface area contributed by atoms with Gasteiger partial charge in [0.15, 0.2) is 5.78 Å². The van der Waals surface area contributed by atoms with Gasteiger partial charge in [0.1, 0.15) is 5.71 Å². The Morgan fingerprint density at radius 1 is 0.935 bits per heavy atom. The Morgan fingerprint density at radius 2 is 1.61 bits per heavy atom. The molecular weight excluding hydrogens is 733 g/mol. The van der Waals surface area contributed by atoms with Gasteiger partial charge >= 0.3 is 6.09 Å². The first-order valence-corrected chi connectivity index (χ1v) is 18.8. The molecule has 5 rings (SSSR count). The number of thioether (sulfide) groups is 1. The molecule has 0 atom stereocenters. The number of fused-ring (bicyclic) bond motifs is 3. The van der Waals surface area contributed by atoms with E-state index in [9.17, 15) is 14.4 Å². The summed E-state index contributed by atoms with van der Waals surface area (Å²) < 4.78 is 5.21. The number of aromatic nitrogens is 1. The van der Waals surface area contributed by atoms with Crippen LogP contribution < -0.4 is 0 Å². The van der Waals surface area contributed by atoms with Gasteiger partial charge in [-0.2, -0.15) is 0 Å². The lowest BCUT2D eigenvalue weighted by atomic mass is 9.97. The quantitative estimate of drug-likeness (QED) is 0.0472. The molecule has 0 aliphatic carbocycles. The third-order valence-electron chi connectivity index (χ3n) is 7.86. The van der Waals surface area contributed by atoms with Crippen LogP contribution in [-0.4, -0.2) is 55.7 Å². The van der Waals surface area contributed by atoms with E-state index in [1.807, 2.05) is 87.5 Å². The summed E-state index contributed by atoms with van der Waals surface area (Å²) in [4.78, 5) is 48.0. The molecule has 1 aliphatic rings. The summed E-state index contributed by atoms with van der Waals surface area (Å²) in [5.74, 6) is 0.222. The Balaban J connectivity index is 1.50. The lowest BCUT2D eigenvalue weighted by Gasteiger charge is -2.15. The van der Waals surface area contributed by atoms with Gasteiger partial charge in [-0.3, -0.25) is 14.4 Å². The van der Waals surface area contributed by atoms with Gasteiger partial charge in [-0.1, -0.05) is 61.8 Å². The van der Waals surface area contributed by atoms with Crippen molar-refractivity contribution in [3.05, 3.63) is 103 Å². The molecule has 4 aromatic rings. The van der Waals surface area contributed by atoms with Crippen LogP contribution in [0, 0.1) is 6.92 Å². The lowest BCUT2D eigenvalue weighted by molar-refractivity contribution is 0.101. The summed E-state index contributed by atoms with van der Waals surface area (Å²) in [7, 11) is 0. The number of carbonyl (C=O) groups excluding carboxylic acids is 3. The molecule has 238 valence electrons. The summed E-state index contributed by atoms with van der Waals surface area (Å²) >= 11 is 7.41. The fraction of sp³-hybridized carbons (Fsp3) is 0.250. The first-order valence-electron chi connectivity index (χ1n) is 15.2. The van der Waals surface area contributed by atoms with Crippen molar-refractivity contribution in [3.63, 3.8) is 0 Å². The van der Waals surface area contributed by atoms with Crippen molar-refractivity contribution in [1.29, 1.82) is 0 Å². The van der Waals surface area contributed by atoms with Crippen molar-refractivity contribution in [3.8, 4) is 0 Å². The topological polar surface area (TPSA) is 81.0 Å². The van der Waals surface area contributed by atoms with E-state index in [0.29, 0.717) is 42.0 Å². The molecule has 0 fully saturated rings. The summed E-state index contributed by atoms with van der Waals surface area (Å²) in [6.45, 7) is 9.38. The van der Waals surface area contributed by atoms with Gasteiger partial charge in [-0.15, -0.1) is 11.8 Å². The number of oxime groups is 1. The number of halogens is 2. The summed E-state index contributed by atoms with van der Waals surface area (Å²) in [6, 6.07) is 18.9. The minimum Gasteiger partial charge on any atom is -0.341 e. The molecule has 0 bridgehead atoms. The fourth-order valence-corrected chi connectivity index (χ4v) is 8.52. The highest BCUT2D eigenvalue weighted by Gasteiger charge is 2.21. The number of aryl methyl sites for hydroxylation is 2. The second kappa shape index (κ2) is 15.4. The van der Waals surface area contributed by atoms with Crippen LogP contribution in [-0.2, 0) is 11.4 Å². The number of carbonyl (C=O) groups is 3. The van der Waals surface area contributed by atoms with Crippen LogP contribution in [0.15, 0.2) is 85.9 Å². The number of ketones is 2. The molecule has 0 spiro atoms. The standard InChI is InChI=1S/C36H35ClIN3O4S/c1-5-40(6-2)36(44)45-39-30(18-19-46-26-14-17-33(37)38-22-26)35(43)25-13-16-32-29(21-25)28-20-24(12-15-31(28)41(32)7-3)34(42)27-11-9-8-10-23(27)4/h8-17,20-22H,5-7,18-19H2,1-4H3/b39-30+. The van der Waals surface area contributed by atoms with Crippen LogP contribution in [0.5, 0.6) is 0 Å². The van der Waals surface area contributed by atoms with E-state index in [1.54, 1.807) is 17.8 Å². The lowest BCUT2D eigenvalue weighted by Crippen LogP contribution is -2.30. The molecule has 1 aliphatic heterocycles. The van der Waals surface area contributed by atoms with Gasteiger partial charge in [0.2, 0.25) is 5.78 Å². The predicted molar refractivity (Wildman–Crippen MR) is 200 cm³/mol. The predicted octanol–water partition coefficient (Wildman–Crippen LogP) is 9.24. The Hall–Kier alpha value is -3.54. The maximum atomic E-state index is 14.0. The van der Waals surface area contributed by atoms with Gasteiger partial charge in [0.05, 0.1) is 3.04 Å². The second-order valence-electron chi connectivity index (χ2n) is 10.6. The largest absolute Gasteiger partial charge is 0.435 e. The number of hydrogen-bond acceptors (Lipinski definition) is 6. The molecule has 2 heterocycles. The summed E-state index contributed by atoms with van der Waals surface area (Å²) in [5, 5.41) is 5.87. The number of benzene rings is 3. The zero-order valence-electron chi connectivity index (χ0n) is 26.2. The van der Waals surface area contributed by atoms with Crippen molar-refractivity contribution < 1.29 is 19.2 Å². The van der Waals surface area contributed by atoms with Crippen LogP contribution in [0.4, 0.5) is 4.79 Å². The van der Waals surface area contributed by atoms with Crippen LogP contribution in [0.1, 0.15) is 59.0 Å². The fourth-order valence-electron chi connectivity index (χ4n) is 5.38. The van der Waals surface area contributed by atoms with Crippen molar-refractivity contribution in [2.24, 2.45) is 5.16 Å². The first kappa shape index (κ1) is 33.8. The molecule has 10 heteroatoms. The van der Waals surface area contributed by atoms with Gasteiger partial charge in [-0.05, 0) is 85.8 Å². The van der Waals surface area contributed by atoms with Crippen LogP contribution in [0.3, 0.4) is 0 Å². The van der Waals surface area contributed by atoms with Gasteiger partial charge in [0, 0.05) is 75.2 Å². The average molecular weight is 768 g/mol. The van der Waals surface area contributed by atoms with E-state index in [1.165, 1.54) is 4.90 Å². The Morgan fingerprint density at radius 3 is 2.24 bits per heavy atom. The van der Waals surface area contributed by atoms with E-state index < -0.39 is 6.09 Å². The molecule has 0 N–H and O–H groups in total. The number of rotatable bonds is 12. The number of amides is 1. The van der Waals surface area contributed by atoms with E-state index in [4.69, 9.17) is 16.4 Å². The van der Waals surface area contributed by atoms with Crippen molar-refractivity contribution in [2.75, 3.05) is 18.8 Å². The Labute approximate surface area is 288 Å². The van der Waals surface area contributed by atoms with Gasteiger partial charge in [0.25, 0.3) is 0 Å². The number of nitrogens with zero attached hydrogens (tertiary/aromatic N) is 3. The Bertz CT molecular complexity index is 1960. The maximum absolute atomic E-state index is 14.0. The van der Waals surface area contributed by atoms with Gasteiger partial charge < -0.3 is 9.47 Å². The average Bonchev–Trinajstić information content (AvgIpc) is 3.39. The minimum atomic E-state index is -0.594. The highest BCUT2D eigenvalue weighted by molar-refractivity contribution is 14.2. The van der Waals surface area contributed by atoms with Crippen molar-refractivity contribution in [2.45, 2.75) is 40.7 Å². The second-order valence-corrected chi connectivity index (χ2v) is 15.2.